The fourth-order valence-corrected chi connectivity index (χ4v) is 19.2. The molecule has 0 bridgehead atoms. The van der Waals surface area contributed by atoms with Crippen LogP contribution < -0.4 is 10.9 Å². The molecule has 0 unspecified atom stereocenters. The highest BCUT2D eigenvalue weighted by molar-refractivity contribution is 9.10. The van der Waals surface area contributed by atoms with Crippen LogP contribution in [0.3, 0.4) is 0 Å². The number of nitriles is 2. The standard InChI is InChI=1S/C32H19BrN2.C31H27BN2O2.C25H22BNO3.C25H14BrN/c33-28-18-22-9-7-20-13-24(14-21-8-10-23(19-28)32(22)31(20)21)25-15-26(29-5-1-3-11-34-29)17-27(16-25)30-6-2-4-12-35-30;1-30(2)31(3,4)36-32(35-30)24-14-11-22(12-15-24)23-13-17-27-26-16-10-21(20-33)18-28(26)34(29(27)19-23)25-8-6-5-7-9-25;1-24(2)25(3,4)30-26(29-24)19-9-6-17(7-10-19)18-8-12-23-21(14-18)20-13-16(15-27)5-11-22(20)28-23;26-21-13-18-8-6-16-11-20(12-17-7-9-19(14-21)24(18)23(16)17)22-5-1-3-15-4-2-10-27-25(15)22/h1-19H;5-19H,1-4H3;5-14H,1-4H3;1-14H. The summed E-state index contributed by atoms with van der Waals surface area (Å²) in [6, 6.07) is 121. The highest BCUT2D eigenvalue weighted by Crippen LogP contribution is 2.46. The van der Waals surface area contributed by atoms with E-state index in [1.807, 2.05) is 97.5 Å². The Morgan fingerprint density at radius 3 is 1.18 bits per heavy atom. The van der Waals surface area contributed by atoms with Gasteiger partial charge < -0.3 is 27.6 Å². The maximum atomic E-state index is 9.51. The van der Waals surface area contributed by atoms with Gasteiger partial charge in [-0.05, 0) is 328 Å². The normalized spacial score (nSPS) is 14.4. The molecular formula is C113H82B2Br2N6O5. The second-order valence-corrected chi connectivity index (χ2v) is 37.1. The van der Waals surface area contributed by atoms with Crippen molar-refractivity contribution in [2.24, 2.45) is 0 Å². The van der Waals surface area contributed by atoms with Crippen molar-refractivity contribution in [3.05, 3.63) is 372 Å². The maximum Gasteiger partial charge on any atom is 0.494 e. The Balaban J connectivity index is 0.000000104. The maximum absolute atomic E-state index is 9.51. The van der Waals surface area contributed by atoms with Crippen LogP contribution in [0.1, 0.15) is 66.5 Å². The molecule has 5 aromatic heterocycles. The van der Waals surface area contributed by atoms with E-state index in [9.17, 15) is 10.5 Å². The molecule has 614 valence electrons. The number of pyridine rings is 3. The van der Waals surface area contributed by atoms with Crippen molar-refractivity contribution < 1.29 is 23.0 Å². The summed E-state index contributed by atoms with van der Waals surface area (Å²) in [7, 11) is -0.741. The summed E-state index contributed by atoms with van der Waals surface area (Å²) in [5, 5.41) is 39.6. The first-order valence-electron chi connectivity index (χ1n) is 43.0. The third-order valence-electron chi connectivity index (χ3n) is 26.2. The van der Waals surface area contributed by atoms with Crippen molar-refractivity contribution in [1.29, 1.82) is 10.5 Å². The number of benzene rings is 17. The highest BCUT2D eigenvalue weighted by atomic mass is 79.9. The predicted molar refractivity (Wildman–Crippen MR) is 535 cm³/mol. The molecule has 0 saturated carbocycles. The zero-order valence-corrected chi connectivity index (χ0v) is 74.8. The van der Waals surface area contributed by atoms with E-state index in [0.29, 0.717) is 11.1 Å². The monoisotopic (exact) mass is 1780 g/mol. The number of fused-ring (bicyclic) bond motifs is 7. The van der Waals surface area contributed by atoms with Gasteiger partial charge in [0.05, 0.1) is 73.6 Å². The van der Waals surface area contributed by atoms with Crippen LogP contribution in [0.15, 0.2) is 366 Å². The second kappa shape index (κ2) is 32.2. The van der Waals surface area contributed by atoms with Gasteiger partial charge in [0.25, 0.3) is 0 Å². The smallest absolute Gasteiger partial charge is 0.456 e. The molecule has 11 nitrogen and oxygen atoms in total. The van der Waals surface area contributed by atoms with Gasteiger partial charge in [-0.3, -0.25) is 15.0 Å². The summed E-state index contributed by atoms with van der Waals surface area (Å²) in [6.45, 7) is 16.5. The van der Waals surface area contributed by atoms with E-state index in [-0.39, 0.29) is 36.6 Å². The number of hydrogen-bond donors (Lipinski definition) is 0. The summed E-state index contributed by atoms with van der Waals surface area (Å²) in [6.07, 6.45) is 5.55. The van der Waals surface area contributed by atoms with Gasteiger partial charge in [0, 0.05) is 76.8 Å². The van der Waals surface area contributed by atoms with Crippen molar-refractivity contribution >= 4 is 176 Å². The number of nitrogens with zero attached hydrogens (tertiary/aromatic N) is 6. The fourth-order valence-electron chi connectivity index (χ4n) is 18.2. The fraction of sp³-hybridized carbons (Fsp3) is 0.106. The van der Waals surface area contributed by atoms with Crippen LogP contribution in [0.5, 0.6) is 0 Å². The lowest BCUT2D eigenvalue weighted by Crippen LogP contribution is -2.41. The molecule has 2 aliphatic heterocycles. The molecule has 24 rings (SSSR count). The summed E-state index contributed by atoms with van der Waals surface area (Å²) >= 11 is 7.29. The minimum atomic E-state index is -0.374. The number of rotatable bonds is 9. The van der Waals surface area contributed by atoms with Gasteiger partial charge in [-0.25, -0.2) is 0 Å². The topological polar surface area (TPSA) is 141 Å². The molecule has 22 aromatic rings. The average Bonchev–Trinajstić information content (AvgIpc) is 1.69. The third-order valence-corrected chi connectivity index (χ3v) is 27.1. The van der Waals surface area contributed by atoms with Crippen LogP contribution in [0.2, 0.25) is 0 Å². The van der Waals surface area contributed by atoms with Crippen LogP contribution in [0, 0.1) is 22.7 Å². The molecule has 0 amide bonds. The molecule has 2 saturated heterocycles. The Bertz CT molecular complexity index is 7980. The molecule has 7 heterocycles. The number of furan rings is 1. The molecule has 15 heteroatoms. The summed E-state index contributed by atoms with van der Waals surface area (Å²) in [5.41, 5.74) is 21.0. The van der Waals surface area contributed by atoms with Gasteiger partial charge in [0.1, 0.15) is 11.2 Å². The average molecular weight is 1790 g/mol. The first-order valence-corrected chi connectivity index (χ1v) is 44.5. The molecule has 2 fully saturated rings. The van der Waals surface area contributed by atoms with Gasteiger partial charge in [-0.2, -0.15) is 10.5 Å². The van der Waals surface area contributed by atoms with Gasteiger partial charge in [0.2, 0.25) is 0 Å². The van der Waals surface area contributed by atoms with E-state index in [1.54, 1.807) is 6.07 Å². The Labute approximate surface area is 758 Å². The largest absolute Gasteiger partial charge is 0.494 e. The SMILES string of the molecule is Brc1cc2ccc3cc(-c4cc(-c5ccccn5)cc(-c5ccccn5)c4)cc4ccc(c1)c2c34.Brc1cc2ccc3cc(-c4cccc5cccnc45)cc4ccc(c1)c2c34.CC1(C)OB(c2ccc(-c3ccc4c5ccc(C#N)cc5n(-c5ccccc5)c4c3)cc2)OC1(C)C.CC1(C)OB(c2ccc(-c3ccc4oc5ccc(C#N)cc5c4c3)cc2)OC1(C)C. The van der Waals surface area contributed by atoms with Crippen molar-refractivity contribution in [2.45, 2.75) is 77.8 Å². The van der Waals surface area contributed by atoms with Crippen LogP contribution in [0.4, 0.5) is 0 Å². The van der Waals surface area contributed by atoms with Gasteiger partial charge in [-0.15, -0.1) is 0 Å². The van der Waals surface area contributed by atoms with Crippen molar-refractivity contribution in [3.8, 4) is 84.8 Å². The quantitative estimate of drug-likeness (QED) is 0.101. The minimum absolute atomic E-state index is 0.355. The highest BCUT2D eigenvalue weighted by Gasteiger charge is 2.53. The first-order chi connectivity index (χ1) is 62.0. The summed E-state index contributed by atoms with van der Waals surface area (Å²) in [4.78, 5) is 13.9. The van der Waals surface area contributed by atoms with E-state index < -0.39 is 0 Å². The lowest BCUT2D eigenvalue weighted by molar-refractivity contribution is 0.00578. The number of para-hydroxylation sites is 2. The molecule has 0 atom stereocenters. The molecule has 0 spiro atoms. The number of hydrogen-bond acceptors (Lipinski definition) is 10. The summed E-state index contributed by atoms with van der Waals surface area (Å²) < 4.78 is 35.1. The lowest BCUT2D eigenvalue weighted by Gasteiger charge is -2.32. The zero-order chi connectivity index (χ0) is 87.5. The molecule has 0 aliphatic carbocycles. The Morgan fingerprint density at radius 1 is 0.297 bits per heavy atom. The Kier molecular flexibility index (Phi) is 20.4. The van der Waals surface area contributed by atoms with Crippen molar-refractivity contribution in [2.75, 3.05) is 0 Å². The molecule has 0 N–H and O–H groups in total. The van der Waals surface area contributed by atoms with E-state index >= 15 is 0 Å². The number of aromatic nitrogens is 4. The molecule has 2 aliphatic rings. The van der Waals surface area contributed by atoms with Gasteiger partial charge in [-0.1, -0.05) is 208 Å². The summed E-state index contributed by atoms with van der Waals surface area (Å²) in [5.74, 6) is 0. The second-order valence-electron chi connectivity index (χ2n) is 35.2. The molecule has 128 heavy (non-hydrogen) atoms. The van der Waals surface area contributed by atoms with Gasteiger partial charge in [0.15, 0.2) is 0 Å². The zero-order valence-electron chi connectivity index (χ0n) is 71.6. The molecule has 0 radical (unpaired) electrons. The first kappa shape index (κ1) is 81.1. The van der Waals surface area contributed by atoms with Crippen LogP contribution in [0.25, 0.3) is 192 Å². The molecular weight excluding hydrogens is 1700 g/mol. The van der Waals surface area contributed by atoms with Crippen molar-refractivity contribution in [1.82, 2.24) is 19.5 Å². The van der Waals surface area contributed by atoms with Gasteiger partial charge >= 0.3 is 14.2 Å². The predicted octanol–water partition coefficient (Wildman–Crippen LogP) is 28.7. The van der Waals surface area contributed by atoms with Crippen LogP contribution in [-0.4, -0.2) is 56.2 Å². The minimum Gasteiger partial charge on any atom is -0.456 e. The van der Waals surface area contributed by atoms with Crippen molar-refractivity contribution in [3.63, 3.8) is 0 Å². The van der Waals surface area contributed by atoms with E-state index in [1.165, 1.54) is 86.7 Å². The lowest BCUT2D eigenvalue weighted by atomic mass is 9.78. The van der Waals surface area contributed by atoms with Crippen LogP contribution >= 0.6 is 31.9 Å². The van der Waals surface area contributed by atoms with Crippen LogP contribution in [-0.2, 0) is 18.6 Å². The van der Waals surface area contributed by atoms with E-state index in [2.05, 4.69) is 368 Å². The Morgan fingerprint density at radius 2 is 0.688 bits per heavy atom. The third kappa shape index (κ3) is 14.8. The van der Waals surface area contributed by atoms with E-state index in [0.717, 1.165) is 125 Å². The Hall–Kier alpha value is -14.0. The van der Waals surface area contributed by atoms with E-state index in [4.69, 9.17) is 23.0 Å². The molecule has 17 aromatic carbocycles. The number of halogens is 2.